The third kappa shape index (κ3) is 5.47. The van der Waals surface area contributed by atoms with Crippen molar-refractivity contribution in [3.05, 3.63) is 78.4 Å². The first-order valence-electron chi connectivity index (χ1n) is 11.5. The van der Waals surface area contributed by atoms with Crippen LogP contribution in [0.5, 0.6) is 17.2 Å². The first-order chi connectivity index (χ1) is 16.2. The number of para-hydroxylation sites is 1. The van der Waals surface area contributed by atoms with Crippen LogP contribution in [0.1, 0.15) is 5.56 Å². The fraction of sp³-hybridized carbons (Fsp3) is 0.333. The van der Waals surface area contributed by atoms with Crippen LogP contribution < -0.4 is 14.2 Å². The molecule has 33 heavy (non-hydrogen) atoms. The monoisotopic (exact) mass is 446 g/mol. The Morgan fingerprint density at radius 3 is 2.39 bits per heavy atom. The zero-order valence-corrected chi connectivity index (χ0v) is 18.7. The summed E-state index contributed by atoms with van der Waals surface area (Å²) in [4.78, 5) is 4.75. The lowest BCUT2D eigenvalue weighted by Gasteiger charge is -2.35. The number of nitrogens with zero attached hydrogens (tertiary/aromatic N) is 2. The summed E-state index contributed by atoms with van der Waals surface area (Å²) in [5.41, 5.74) is 3.39. The molecule has 1 fully saturated rings. The summed E-state index contributed by atoms with van der Waals surface area (Å²) < 4.78 is 16.9. The highest BCUT2D eigenvalue weighted by atomic mass is 16.7. The van der Waals surface area contributed by atoms with Gasteiger partial charge in [-0.05, 0) is 29.3 Å². The average Bonchev–Trinajstić information content (AvgIpc) is 3.33. The Morgan fingerprint density at radius 2 is 1.55 bits per heavy atom. The number of hydrogen-bond donors (Lipinski definition) is 1. The zero-order valence-electron chi connectivity index (χ0n) is 18.7. The first kappa shape index (κ1) is 21.8. The summed E-state index contributed by atoms with van der Waals surface area (Å²) in [6.45, 7) is 5.91. The number of fused-ring (bicyclic) bond motifs is 1. The molecule has 2 heterocycles. The van der Waals surface area contributed by atoms with Gasteiger partial charge in [0.25, 0.3) is 0 Å². The molecule has 0 radical (unpaired) electrons. The van der Waals surface area contributed by atoms with Gasteiger partial charge >= 0.3 is 0 Å². The zero-order chi connectivity index (χ0) is 22.5. The predicted molar refractivity (Wildman–Crippen MR) is 128 cm³/mol. The highest BCUT2D eigenvalue weighted by Crippen LogP contribution is 2.33. The summed E-state index contributed by atoms with van der Waals surface area (Å²) in [6.07, 6.45) is -0.533. The van der Waals surface area contributed by atoms with Crippen molar-refractivity contribution in [1.82, 2.24) is 9.80 Å². The van der Waals surface area contributed by atoms with E-state index in [1.165, 1.54) is 5.56 Å². The van der Waals surface area contributed by atoms with E-state index in [9.17, 15) is 5.11 Å². The Kier molecular flexibility index (Phi) is 6.76. The van der Waals surface area contributed by atoms with Gasteiger partial charge in [-0.15, -0.1) is 0 Å². The van der Waals surface area contributed by atoms with E-state index in [1.54, 1.807) is 0 Å². The lowest BCUT2D eigenvalue weighted by atomic mass is 10.1. The quantitative estimate of drug-likeness (QED) is 0.570. The van der Waals surface area contributed by atoms with Gasteiger partial charge in [-0.2, -0.15) is 0 Å². The Bertz CT molecular complexity index is 1050. The second-order valence-corrected chi connectivity index (χ2v) is 8.59. The summed E-state index contributed by atoms with van der Waals surface area (Å²) in [7, 11) is 0. The third-order valence-electron chi connectivity index (χ3n) is 6.18. The van der Waals surface area contributed by atoms with Gasteiger partial charge in [0, 0.05) is 44.8 Å². The van der Waals surface area contributed by atoms with Crippen LogP contribution in [-0.2, 0) is 6.54 Å². The molecule has 0 aromatic heterocycles. The normalized spacial score (nSPS) is 17.1. The molecule has 6 nitrogen and oxygen atoms in total. The van der Waals surface area contributed by atoms with E-state index >= 15 is 0 Å². The molecule has 0 bridgehead atoms. The number of rotatable bonds is 8. The van der Waals surface area contributed by atoms with Crippen molar-refractivity contribution in [2.75, 3.05) is 46.1 Å². The average molecular weight is 447 g/mol. The van der Waals surface area contributed by atoms with Gasteiger partial charge in [-0.1, -0.05) is 54.6 Å². The maximum absolute atomic E-state index is 10.6. The molecule has 5 rings (SSSR count). The SMILES string of the molecule is O[C@@H](COc1ccccc1-c1ccccc1)CN1CCN(Cc2ccc3c(c2)OCO3)CC1. The minimum Gasteiger partial charge on any atom is -0.490 e. The molecular formula is C27H30N2O4. The highest BCUT2D eigenvalue weighted by molar-refractivity contribution is 5.70. The molecule has 6 heteroatoms. The third-order valence-corrected chi connectivity index (χ3v) is 6.18. The Balaban J connectivity index is 1.08. The van der Waals surface area contributed by atoms with Gasteiger partial charge in [0.2, 0.25) is 6.79 Å². The van der Waals surface area contributed by atoms with Crippen LogP contribution >= 0.6 is 0 Å². The van der Waals surface area contributed by atoms with Crippen molar-refractivity contribution in [2.24, 2.45) is 0 Å². The van der Waals surface area contributed by atoms with Crippen molar-refractivity contribution < 1.29 is 19.3 Å². The lowest BCUT2D eigenvalue weighted by Crippen LogP contribution is -2.48. The lowest BCUT2D eigenvalue weighted by molar-refractivity contribution is 0.0447. The first-order valence-corrected chi connectivity index (χ1v) is 11.5. The smallest absolute Gasteiger partial charge is 0.231 e. The van der Waals surface area contributed by atoms with Crippen LogP contribution in [0.2, 0.25) is 0 Å². The van der Waals surface area contributed by atoms with E-state index in [0.717, 1.165) is 61.1 Å². The molecule has 1 N–H and O–H groups in total. The Hall–Kier alpha value is -3.06. The molecule has 3 aromatic carbocycles. The molecule has 172 valence electrons. The summed E-state index contributed by atoms with van der Waals surface area (Å²) in [5, 5.41) is 10.6. The molecule has 0 saturated carbocycles. The highest BCUT2D eigenvalue weighted by Gasteiger charge is 2.21. The van der Waals surface area contributed by atoms with Crippen molar-refractivity contribution in [3.63, 3.8) is 0 Å². The van der Waals surface area contributed by atoms with Crippen molar-refractivity contribution in [2.45, 2.75) is 12.6 Å². The fourth-order valence-electron chi connectivity index (χ4n) is 4.41. The van der Waals surface area contributed by atoms with Gasteiger partial charge in [0.15, 0.2) is 11.5 Å². The summed E-state index contributed by atoms with van der Waals surface area (Å²) in [6, 6.07) is 24.3. The minimum absolute atomic E-state index is 0.279. The molecule has 2 aliphatic rings. The van der Waals surface area contributed by atoms with Gasteiger partial charge in [-0.3, -0.25) is 9.80 Å². The minimum atomic E-state index is -0.533. The molecule has 3 aromatic rings. The van der Waals surface area contributed by atoms with E-state index in [0.29, 0.717) is 13.3 Å². The largest absolute Gasteiger partial charge is 0.490 e. The molecule has 0 aliphatic carbocycles. The molecule has 1 saturated heterocycles. The Labute approximate surface area is 194 Å². The van der Waals surface area contributed by atoms with E-state index < -0.39 is 6.10 Å². The number of ether oxygens (including phenoxy) is 3. The second-order valence-electron chi connectivity index (χ2n) is 8.59. The van der Waals surface area contributed by atoms with Gasteiger partial charge in [0.05, 0.1) is 0 Å². The number of piperazine rings is 1. The van der Waals surface area contributed by atoms with E-state index in [2.05, 4.69) is 40.1 Å². The van der Waals surface area contributed by atoms with Crippen molar-refractivity contribution in [3.8, 4) is 28.4 Å². The Morgan fingerprint density at radius 1 is 0.818 bits per heavy atom. The van der Waals surface area contributed by atoms with Crippen LogP contribution in [-0.4, -0.2) is 67.1 Å². The maximum atomic E-state index is 10.6. The molecule has 0 amide bonds. The summed E-state index contributed by atoms with van der Waals surface area (Å²) >= 11 is 0. The maximum Gasteiger partial charge on any atom is 0.231 e. The number of benzene rings is 3. The molecule has 2 aliphatic heterocycles. The van der Waals surface area contributed by atoms with E-state index in [-0.39, 0.29) is 6.61 Å². The summed E-state index contributed by atoms with van der Waals surface area (Å²) in [5.74, 6) is 2.46. The topological polar surface area (TPSA) is 54.4 Å². The van der Waals surface area contributed by atoms with Gasteiger partial charge in [-0.25, -0.2) is 0 Å². The van der Waals surface area contributed by atoms with Gasteiger partial charge in [0.1, 0.15) is 18.5 Å². The van der Waals surface area contributed by atoms with Crippen molar-refractivity contribution in [1.29, 1.82) is 0 Å². The van der Waals surface area contributed by atoms with Crippen LogP contribution in [0.15, 0.2) is 72.8 Å². The molecular weight excluding hydrogens is 416 g/mol. The van der Waals surface area contributed by atoms with Crippen LogP contribution in [0, 0.1) is 0 Å². The van der Waals surface area contributed by atoms with Crippen LogP contribution in [0.25, 0.3) is 11.1 Å². The van der Waals surface area contributed by atoms with E-state index in [4.69, 9.17) is 14.2 Å². The second kappa shape index (κ2) is 10.3. The molecule has 0 unspecified atom stereocenters. The van der Waals surface area contributed by atoms with Crippen molar-refractivity contribution >= 4 is 0 Å². The van der Waals surface area contributed by atoms with Crippen LogP contribution in [0.3, 0.4) is 0 Å². The number of aliphatic hydroxyl groups is 1. The fourth-order valence-corrected chi connectivity index (χ4v) is 4.41. The van der Waals surface area contributed by atoms with E-state index in [1.807, 2.05) is 42.5 Å². The van der Waals surface area contributed by atoms with Crippen LogP contribution in [0.4, 0.5) is 0 Å². The number of β-amino-alcohol motifs (C(OH)–C–C–N with tert-alkyl or cyclic N) is 1. The molecule has 1 atom stereocenters. The molecule has 0 spiro atoms. The predicted octanol–water partition coefficient (Wildman–Crippen LogP) is 3.64. The van der Waals surface area contributed by atoms with Gasteiger partial charge < -0.3 is 19.3 Å². The number of hydrogen-bond acceptors (Lipinski definition) is 6. The number of aliphatic hydroxyl groups excluding tert-OH is 1. The standard InChI is InChI=1S/C27H30N2O4/c30-23(19-31-25-9-5-4-8-24(25)22-6-2-1-3-7-22)18-29-14-12-28(13-15-29)17-21-10-11-26-27(16-21)33-20-32-26/h1-11,16,23,30H,12-15,17-20H2/t23-/m1/s1.